The molecule has 1 aliphatic carbocycles. The summed E-state index contributed by atoms with van der Waals surface area (Å²) < 4.78 is 5.16. The van der Waals surface area contributed by atoms with E-state index in [4.69, 9.17) is 33.7 Å². The normalized spacial score (nSPS) is 15.9. The van der Waals surface area contributed by atoms with Crippen LogP contribution in [-0.2, 0) is 16.1 Å². The Labute approximate surface area is 134 Å². The van der Waals surface area contributed by atoms with Crippen LogP contribution in [0.25, 0.3) is 0 Å². The third kappa shape index (κ3) is 5.09. The standard InChI is InChI=1S/C13H16Cl2N2O2.ClH/c14-11-5-9(6-12(15)17-11)7-19-13(18)10(16)4-8-2-1-3-8;/h5-6,8,10H,1-4,7,16H2;1H/t10-;/m0./s1. The Morgan fingerprint density at radius 2 is 2.00 bits per heavy atom. The van der Waals surface area contributed by atoms with E-state index in [9.17, 15) is 4.79 Å². The number of esters is 1. The number of carbonyl (C=O) groups is 1. The summed E-state index contributed by atoms with van der Waals surface area (Å²) >= 11 is 11.5. The van der Waals surface area contributed by atoms with Gasteiger partial charge in [0.25, 0.3) is 0 Å². The summed E-state index contributed by atoms with van der Waals surface area (Å²) in [6, 6.07) is 2.68. The van der Waals surface area contributed by atoms with Crippen molar-refractivity contribution >= 4 is 41.6 Å². The van der Waals surface area contributed by atoms with Crippen molar-refractivity contribution in [3.8, 4) is 0 Å². The molecule has 1 aliphatic rings. The Hall–Kier alpha value is -0.550. The molecule has 0 unspecified atom stereocenters. The molecule has 1 heterocycles. The maximum Gasteiger partial charge on any atom is 0.323 e. The van der Waals surface area contributed by atoms with Crippen molar-refractivity contribution in [3.05, 3.63) is 28.0 Å². The number of ether oxygens (including phenoxy) is 1. The van der Waals surface area contributed by atoms with Gasteiger partial charge in [-0.15, -0.1) is 12.4 Å². The molecule has 7 heteroatoms. The largest absolute Gasteiger partial charge is 0.460 e. The average molecular weight is 340 g/mol. The van der Waals surface area contributed by atoms with Crippen LogP contribution in [0.4, 0.5) is 0 Å². The molecular weight excluding hydrogens is 323 g/mol. The van der Waals surface area contributed by atoms with Crippen molar-refractivity contribution in [2.24, 2.45) is 11.7 Å². The first kappa shape index (κ1) is 17.5. The monoisotopic (exact) mass is 338 g/mol. The maximum atomic E-state index is 11.7. The first-order valence-corrected chi connectivity index (χ1v) is 7.04. The smallest absolute Gasteiger partial charge is 0.323 e. The van der Waals surface area contributed by atoms with Gasteiger partial charge in [0.05, 0.1) is 0 Å². The Balaban J connectivity index is 0.00000200. The second kappa shape index (κ2) is 8.03. The number of rotatable bonds is 5. The van der Waals surface area contributed by atoms with Gasteiger partial charge in [0, 0.05) is 0 Å². The molecule has 1 aromatic heterocycles. The minimum Gasteiger partial charge on any atom is -0.460 e. The van der Waals surface area contributed by atoms with Crippen LogP contribution in [0.5, 0.6) is 0 Å². The second-order valence-electron chi connectivity index (χ2n) is 4.87. The minimum atomic E-state index is -0.543. The van der Waals surface area contributed by atoms with Crippen LogP contribution in [0.3, 0.4) is 0 Å². The molecule has 0 aliphatic heterocycles. The van der Waals surface area contributed by atoms with Gasteiger partial charge in [-0.25, -0.2) is 4.98 Å². The van der Waals surface area contributed by atoms with E-state index in [0.717, 1.165) is 12.8 Å². The molecule has 1 saturated carbocycles. The highest BCUT2D eigenvalue weighted by molar-refractivity contribution is 6.32. The minimum absolute atomic E-state index is 0. The molecule has 0 bridgehead atoms. The van der Waals surface area contributed by atoms with E-state index >= 15 is 0 Å². The van der Waals surface area contributed by atoms with Crippen molar-refractivity contribution in [1.82, 2.24) is 4.98 Å². The lowest BCUT2D eigenvalue weighted by molar-refractivity contribution is -0.147. The Morgan fingerprint density at radius 3 is 2.50 bits per heavy atom. The summed E-state index contributed by atoms with van der Waals surface area (Å²) in [5.41, 5.74) is 6.52. The predicted molar refractivity (Wildman–Crippen MR) is 81.2 cm³/mol. The van der Waals surface area contributed by atoms with Crippen LogP contribution in [-0.4, -0.2) is 17.0 Å². The SMILES string of the molecule is Cl.N[C@@H](CC1CCC1)C(=O)OCc1cc(Cl)nc(Cl)c1. The molecule has 0 amide bonds. The average Bonchev–Trinajstić information content (AvgIpc) is 2.29. The number of halogens is 3. The van der Waals surface area contributed by atoms with Crippen LogP contribution in [0.15, 0.2) is 12.1 Å². The van der Waals surface area contributed by atoms with E-state index in [1.54, 1.807) is 12.1 Å². The lowest BCUT2D eigenvalue weighted by Crippen LogP contribution is -2.35. The van der Waals surface area contributed by atoms with Gasteiger partial charge in [0.15, 0.2) is 0 Å². The van der Waals surface area contributed by atoms with E-state index in [0.29, 0.717) is 17.9 Å². The number of nitrogens with two attached hydrogens (primary N) is 1. The molecule has 0 spiro atoms. The van der Waals surface area contributed by atoms with Gasteiger partial charge in [-0.05, 0) is 30.0 Å². The van der Waals surface area contributed by atoms with Gasteiger partial charge >= 0.3 is 5.97 Å². The third-order valence-electron chi connectivity index (χ3n) is 3.32. The number of nitrogens with zero attached hydrogens (tertiary/aromatic N) is 1. The number of carbonyl (C=O) groups excluding carboxylic acids is 1. The lowest BCUT2D eigenvalue weighted by atomic mass is 9.81. The molecule has 1 aromatic rings. The molecule has 1 fully saturated rings. The van der Waals surface area contributed by atoms with E-state index in [2.05, 4.69) is 4.98 Å². The van der Waals surface area contributed by atoms with Gasteiger partial charge in [-0.3, -0.25) is 4.79 Å². The van der Waals surface area contributed by atoms with Crippen molar-refractivity contribution in [2.75, 3.05) is 0 Å². The van der Waals surface area contributed by atoms with Gasteiger partial charge in [0.1, 0.15) is 23.0 Å². The van der Waals surface area contributed by atoms with Crippen LogP contribution in [0.2, 0.25) is 10.3 Å². The summed E-state index contributed by atoms with van der Waals surface area (Å²) in [5.74, 6) is 0.198. The van der Waals surface area contributed by atoms with E-state index < -0.39 is 6.04 Å². The van der Waals surface area contributed by atoms with Crippen molar-refractivity contribution in [3.63, 3.8) is 0 Å². The van der Waals surface area contributed by atoms with Gasteiger partial charge < -0.3 is 10.5 Å². The van der Waals surface area contributed by atoms with Gasteiger partial charge in [-0.2, -0.15) is 0 Å². The van der Waals surface area contributed by atoms with Gasteiger partial charge in [-0.1, -0.05) is 42.5 Å². The molecule has 0 saturated heterocycles. The predicted octanol–water partition coefficient (Wildman–Crippen LogP) is 3.37. The quantitative estimate of drug-likeness (QED) is 0.660. The lowest BCUT2D eigenvalue weighted by Gasteiger charge is -2.27. The fraction of sp³-hybridized carbons (Fsp3) is 0.538. The van der Waals surface area contributed by atoms with Crippen LogP contribution >= 0.6 is 35.6 Å². The third-order valence-corrected chi connectivity index (χ3v) is 3.71. The zero-order valence-electron chi connectivity index (χ0n) is 10.9. The van der Waals surface area contributed by atoms with Crippen LogP contribution in [0.1, 0.15) is 31.2 Å². The number of pyridine rings is 1. The highest BCUT2D eigenvalue weighted by atomic mass is 35.5. The molecule has 4 nitrogen and oxygen atoms in total. The van der Waals surface area contributed by atoms with Gasteiger partial charge in [0.2, 0.25) is 0 Å². The number of hydrogen-bond acceptors (Lipinski definition) is 4. The van der Waals surface area contributed by atoms with E-state index in [1.807, 2.05) is 0 Å². The first-order chi connectivity index (χ1) is 9.04. The van der Waals surface area contributed by atoms with Crippen LogP contribution < -0.4 is 5.73 Å². The summed E-state index contributed by atoms with van der Waals surface area (Å²) in [4.78, 5) is 15.6. The Morgan fingerprint density at radius 1 is 1.40 bits per heavy atom. The number of aromatic nitrogens is 1. The highest BCUT2D eigenvalue weighted by Crippen LogP contribution is 2.30. The summed E-state index contributed by atoms with van der Waals surface area (Å²) in [5, 5.41) is 0.551. The fourth-order valence-corrected chi connectivity index (χ4v) is 2.55. The summed E-state index contributed by atoms with van der Waals surface area (Å²) in [6.07, 6.45) is 4.27. The molecule has 112 valence electrons. The Bertz CT molecular complexity index is 447. The molecule has 1 atom stereocenters. The Kier molecular flexibility index (Phi) is 7.03. The molecule has 20 heavy (non-hydrogen) atoms. The van der Waals surface area contributed by atoms with E-state index in [-0.39, 0.29) is 35.3 Å². The zero-order valence-corrected chi connectivity index (χ0v) is 13.2. The highest BCUT2D eigenvalue weighted by Gasteiger charge is 2.24. The molecule has 2 N–H and O–H groups in total. The van der Waals surface area contributed by atoms with Crippen molar-refractivity contribution < 1.29 is 9.53 Å². The van der Waals surface area contributed by atoms with Crippen molar-refractivity contribution in [1.29, 1.82) is 0 Å². The summed E-state index contributed by atoms with van der Waals surface area (Å²) in [6.45, 7) is 0.110. The molecule has 2 rings (SSSR count). The maximum absolute atomic E-state index is 11.7. The zero-order chi connectivity index (χ0) is 13.8. The van der Waals surface area contributed by atoms with E-state index in [1.165, 1.54) is 6.42 Å². The summed E-state index contributed by atoms with van der Waals surface area (Å²) in [7, 11) is 0. The topological polar surface area (TPSA) is 65.2 Å². The first-order valence-electron chi connectivity index (χ1n) is 6.29. The fourth-order valence-electron chi connectivity index (χ4n) is 2.04. The van der Waals surface area contributed by atoms with Crippen LogP contribution in [0, 0.1) is 5.92 Å². The molecule has 0 aromatic carbocycles. The second-order valence-corrected chi connectivity index (χ2v) is 5.64. The number of hydrogen-bond donors (Lipinski definition) is 1. The molecular formula is C13H17Cl3N2O2. The van der Waals surface area contributed by atoms with Crippen molar-refractivity contribution in [2.45, 2.75) is 38.3 Å². The molecule has 0 radical (unpaired) electrons.